The van der Waals surface area contributed by atoms with Gasteiger partial charge >= 0.3 is 5.69 Å². The zero-order valence-corrected chi connectivity index (χ0v) is 10.1. The second-order valence-corrected chi connectivity index (χ2v) is 4.35. The first kappa shape index (κ1) is 12.6. The normalized spacial score (nSPS) is 18.8. The Balaban J connectivity index is 1.96. The number of anilines is 2. The summed E-state index contributed by atoms with van der Waals surface area (Å²) in [6.07, 6.45) is 3.30. The van der Waals surface area contributed by atoms with Gasteiger partial charge in [0, 0.05) is 13.2 Å². The van der Waals surface area contributed by atoms with Crippen LogP contribution in [0.3, 0.4) is 0 Å². The summed E-state index contributed by atoms with van der Waals surface area (Å²) in [6, 6.07) is 4.91. The molecule has 1 fully saturated rings. The van der Waals surface area contributed by atoms with Crippen molar-refractivity contribution >= 4 is 17.1 Å². The molecule has 0 aromatic heterocycles. The zero-order valence-electron chi connectivity index (χ0n) is 10.1. The van der Waals surface area contributed by atoms with E-state index < -0.39 is 4.92 Å². The lowest BCUT2D eigenvalue weighted by Crippen LogP contribution is -2.13. The lowest BCUT2D eigenvalue weighted by molar-refractivity contribution is -0.383. The van der Waals surface area contributed by atoms with E-state index in [2.05, 4.69) is 5.32 Å². The van der Waals surface area contributed by atoms with E-state index in [4.69, 9.17) is 10.5 Å². The molecule has 0 bridgehead atoms. The Hall–Kier alpha value is -1.82. The van der Waals surface area contributed by atoms with Gasteiger partial charge in [0.25, 0.3) is 0 Å². The first-order valence-electron chi connectivity index (χ1n) is 6.07. The van der Waals surface area contributed by atoms with Crippen LogP contribution in [0.15, 0.2) is 18.2 Å². The fourth-order valence-electron chi connectivity index (χ4n) is 2.15. The van der Waals surface area contributed by atoms with Gasteiger partial charge in [-0.2, -0.15) is 0 Å². The predicted octanol–water partition coefficient (Wildman–Crippen LogP) is 2.16. The summed E-state index contributed by atoms with van der Waals surface area (Å²) >= 11 is 0. The highest BCUT2D eigenvalue weighted by molar-refractivity contribution is 5.74. The Morgan fingerprint density at radius 1 is 1.56 bits per heavy atom. The molecule has 0 aliphatic carbocycles. The second-order valence-electron chi connectivity index (χ2n) is 4.35. The van der Waals surface area contributed by atoms with Crippen LogP contribution < -0.4 is 11.1 Å². The van der Waals surface area contributed by atoms with Crippen molar-refractivity contribution in [1.82, 2.24) is 0 Å². The van der Waals surface area contributed by atoms with Gasteiger partial charge in [-0.3, -0.25) is 10.1 Å². The van der Waals surface area contributed by atoms with E-state index >= 15 is 0 Å². The molecule has 6 nitrogen and oxygen atoms in total. The highest BCUT2D eigenvalue weighted by Gasteiger charge is 2.18. The summed E-state index contributed by atoms with van der Waals surface area (Å²) in [5.41, 5.74) is 6.21. The number of nitro benzene ring substituents is 1. The third kappa shape index (κ3) is 2.89. The molecule has 0 amide bonds. The number of nitro groups is 1. The minimum Gasteiger partial charge on any atom is -0.393 e. The average molecular weight is 251 g/mol. The summed E-state index contributed by atoms with van der Waals surface area (Å²) in [5.74, 6) is 0. The van der Waals surface area contributed by atoms with Crippen LogP contribution in [0, 0.1) is 10.1 Å². The topological polar surface area (TPSA) is 90.4 Å². The Bertz CT molecular complexity index is 431. The minimum absolute atomic E-state index is 0.0511. The molecule has 18 heavy (non-hydrogen) atoms. The highest BCUT2D eigenvalue weighted by Crippen LogP contribution is 2.30. The van der Waals surface area contributed by atoms with E-state index in [-0.39, 0.29) is 17.5 Å². The molecular weight excluding hydrogens is 234 g/mol. The molecule has 0 spiro atoms. The third-order valence-corrected chi connectivity index (χ3v) is 3.06. The Kier molecular flexibility index (Phi) is 3.99. The first-order valence-corrected chi connectivity index (χ1v) is 6.07. The molecule has 0 radical (unpaired) electrons. The number of hydrogen-bond donors (Lipinski definition) is 2. The quantitative estimate of drug-likeness (QED) is 0.475. The lowest BCUT2D eigenvalue weighted by Gasteiger charge is -2.11. The van der Waals surface area contributed by atoms with Crippen LogP contribution in [0.25, 0.3) is 0 Å². The van der Waals surface area contributed by atoms with Crippen LogP contribution >= 0.6 is 0 Å². The van der Waals surface area contributed by atoms with Gasteiger partial charge in [-0.25, -0.2) is 0 Å². The summed E-state index contributed by atoms with van der Waals surface area (Å²) in [5, 5.41) is 14.0. The molecule has 1 saturated heterocycles. The standard InChI is InChI=1S/C12H17N3O3/c13-10-4-1-5-11(12(10)15(16)17)14-7-6-9-3-2-8-18-9/h1,4-5,9,14H,2-3,6-8,13H2. The number of nitrogens with zero attached hydrogens (tertiary/aromatic N) is 1. The minimum atomic E-state index is -0.455. The van der Waals surface area contributed by atoms with E-state index in [0.717, 1.165) is 25.9 Å². The van der Waals surface area contributed by atoms with E-state index in [1.54, 1.807) is 12.1 Å². The number of nitrogens with one attached hydrogen (secondary N) is 1. The number of nitrogens with two attached hydrogens (primary N) is 1. The Morgan fingerprint density at radius 2 is 2.39 bits per heavy atom. The van der Waals surface area contributed by atoms with Crippen molar-refractivity contribution in [3.63, 3.8) is 0 Å². The number of nitrogen functional groups attached to an aromatic ring is 1. The fourth-order valence-corrected chi connectivity index (χ4v) is 2.15. The molecule has 1 aromatic carbocycles. The zero-order chi connectivity index (χ0) is 13.0. The van der Waals surface area contributed by atoms with Gasteiger partial charge in [-0.05, 0) is 31.4 Å². The molecule has 1 atom stereocenters. The predicted molar refractivity (Wildman–Crippen MR) is 69.6 cm³/mol. The maximum absolute atomic E-state index is 10.9. The third-order valence-electron chi connectivity index (χ3n) is 3.06. The highest BCUT2D eigenvalue weighted by atomic mass is 16.6. The first-order chi connectivity index (χ1) is 8.68. The molecule has 6 heteroatoms. The van der Waals surface area contributed by atoms with Crippen LogP contribution in [-0.2, 0) is 4.74 Å². The number of rotatable bonds is 5. The van der Waals surface area contributed by atoms with Gasteiger partial charge in [0.2, 0.25) is 0 Å². The van der Waals surface area contributed by atoms with Gasteiger partial charge in [0.05, 0.1) is 11.0 Å². The Labute approximate surface area is 105 Å². The maximum Gasteiger partial charge on any atom is 0.314 e. The van der Waals surface area contributed by atoms with Crippen LogP contribution in [0.5, 0.6) is 0 Å². The summed E-state index contributed by atoms with van der Waals surface area (Å²) in [7, 11) is 0. The van der Waals surface area contributed by atoms with E-state index in [1.165, 1.54) is 6.07 Å². The molecule has 2 rings (SSSR count). The Morgan fingerprint density at radius 3 is 3.06 bits per heavy atom. The van der Waals surface area contributed by atoms with Crippen molar-refractivity contribution in [3.8, 4) is 0 Å². The van der Waals surface area contributed by atoms with Gasteiger partial charge in [-0.15, -0.1) is 0 Å². The fraction of sp³-hybridized carbons (Fsp3) is 0.500. The van der Waals surface area contributed by atoms with Gasteiger partial charge in [0.1, 0.15) is 11.4 Å². The van der Waals surface area contributed by atoms with Crippen molar-refractivity contribution in [2.24, 2.45) is 0 Å². The SMILES string of the molecule is Nc1cccc(NCCC2CCCO2)c1[N+](=O)[O-]. The second kappa shape index (κ2) is 5.68. The molecular formula is C12H17N3O3. The average Bonchev–Trinajstić information content (AvgIpc) is 2.81. The molecule has 0 saturated carbocycles. The summed E-state index contributed by atoms with van der Waals surface area (Å²) < 4.78 is 5.49. The number of hydrogen-bond acceptors (Lipinski definition) is 5. The van der Waals surface area contributed by atoms with Gasteiger partial charge in [-0.1, -0.05) is 6.07 Å². The number of para-hydroxylation sites is 1. The van der Waals surface area contributed by atoms with Crippen molar-refractivity contribution in [1.29, 1.82) is 0 Å². The molecule has 1 aliphatic heterocycles. The number of benzene rings is 1. The smallest absolute Gasteiger partial charge is 0.314 e. The summed E-state index contributed by atoms with van der Waals surface area (Å²) in [4.78, 5) is 10.5. The molecule has 3 N–H and O–H groups in total. The van der Waals surface area contributed by atoms with E-state index in [1.807, 2.05) is 0 Å². The number of ether oxygens (including phenoxy) is 1. The van der Waals surface area contributed by atoms with E-state index in [9.17, 15) is 10.1 Å². The van der Waals surface area contributed by atoms with E-state index in [0.29, 0.717) is 12.2 Å². The lowest BCUT2D eigenvalue weighted by atomic mass is 10.2. The molecule has 1 aromatic rings. The van der Waals surface area contributed by atoms with Gasteiger partial charge < -0.3 is 15.8 Å². The molecule has 98 valence electrons. The van der Waals surface area contributed by atoms with Crippen molar-refractivity contribution < 1.29 is 9.66 Å². The molecule has 1 unspecified atom stereocenters. The monoisotopic (exact) mass is 251 g/mol. The van der Waals surface area contributed by atoms with Crippen molar-refractivity contribution in [3.05, 3.63) is 28.3 Å². The van der Waals surface area contributed by atoms with Crippen molar-refractivity contribution in [2.75, 3.05) is 24.2 Å². The van der Waals surface area contributed by atoms with Crippen LogP contribution in [0.4, 0.5) is 17.1 Å². The van der Waals surface area contributed by atoms with Crippen molar-refractivity contribution in [2.45, 2.75) is 25.4 Å². The van der Waals surface area contributed by atoms with Gasteiger partial charge in [0.15, 0.2) is 0 Å². The maximum atomic E-state index is 10.9. The summed E-state index contributed by atoms with van der Waals surface area (Å²) in [6.45, 7) is 1.47. The van der Waals surface area contributed by atoms with Crippen LogP contribution in [0.2, 0.25) is 0 Å². The van der Waals surface area contributed by atoms with Crippen LogP contribution in [0.1, 0.15) is 19.3 Å². The largest absolute Gasteiger partial charge is 0.393 e. The molecule has 1 heterocycles. The molecule has 1 aliphatic rings. The van der Waals surface area contributed by atoms with Crippen LogP contribution in [-0.4, -0.2) is 24.2 Å².